The fraction of sp³-hybridized carbons (Fsp3) is 0.333. The van der Waals surface area contributed by atoms with Gasteiger partial charge in [0.1, 0.15) is 5.82 Å². The molecule has 9 heteroatoms. The van der Waals surface area contributed by atoms with Crippen LogP contribution in [-0.2, 0) is 0 Å². The SMILES string of the molecule is Cc1cc(C)nc(N(C)c2ccc(Nc3ncc(Br)c(N[C@H](C)[C@@H](C)O)n3)cc2)n1. The highest BCUT2D eigenvalue weighted by atomic mass is 79.9. The highest BCUT2D eigenvalue weighted by molar-refractivity contribution is 9.10. The van der Waals surface area contributed by atoms with E-state index in [2.05, 4.69) is 46.5 Å². The molecule has 0 bridgehead atoms. The van der Waals surface area contributed by atoms with Crippen LogP contribution in [0.3, 0.4) is 0 Å². The summed E-state index contributed by atoms with van der Waals surface area (Å²) in [5.41, 5.74) is 3.69. The number of aliphatic hydroxyl groups is 1. The molecule has 0 saturated heterocycles. The number of hydrogen-bond donors (Lipinski definition) is 3. The fourth-order valence-electron chi connectivity index (χ4n) is 2.74. The van der Waals surface area contributed by atoms with E-state index < -0.39 is 6.10 Å². The van der Waals surface area contributed by atoms with Gasteiger partial charge in [0.15, 0.2) is 0 Å². The Morgan fingerprint density at radius 1 is 1.03 bits per heavy atom. The number of rotatable bonds is 7. The molecule has 2 heterocycles. The van der Waals surface area contributed by atoms with Crippen LogP contribution in [0.2, 0.25) is 0 Å². The van der Waals surface area contributed by atoms with Crippen molar-refractivity contribution in [3.8, 4) is 0 Å². The molecule has 0 saturated carbocycles. The Labute approximate surface area is 185 Å². The molecule has 158 valence electrons. The number of aliphatic hydroxyl groups excluding tert-OH is 1. The van der Waals surface area contributed by atoms with Crippen molar-refractivity contribution in [1.29, 1.82) is 0 Å². The van der Waals surface area contributed by atoms with Crippen molar-refractivity contribution in [1.82, 2.24) is 19.9 Å². The van der Waals surface area contributed by atoms with E-state index in [1.807, 2.05) is 63.1 Å². The first kappa shape index (κ1) is 21.9. The number of hydrogen-bond acceptors (Lipinski definition) is 8. The molecular formula is C21H26BrN7O. The maximum absolute atomic E-state index is 9.71. The van der Waals surface area contributed by atoms with E-state index in [0.717, 1.165) is 27.2 Å². The van der Waals surface area contributed by atoms with Crippen LogP contribution in [0.25, 0.3) is 0 Å². The quantitative estimate of drug-likeness (QED) is 0.467. The molecule has 1 aromatic carbocycles. The average molecular weight is 472 g/mol. The van der Waals surface area contributed by atoms with E-state index in [9.17, 15) is 5.11 Å². The van der Waals surface area contributed by atoms with E-state index in [0.29, 0.717) is 17.7 Å². The van der Waals surface area contributed by atoms with Crippen molar-refractivity contribution in [3.63, 3.8) is 0 Å². The summed E-state index contributed by atoms with van der Waals surface area (Å²) < 4.78 is 0.728. The van der Waals surface area contributed by atoms with E-state index >= 15 is 0 Å². The molecule has 0 amide bonds. The topological polar surface area (TPSA) is 99.1 Å². The molecule has 3 aromatic rings. The molecule has 0 fully saturated rings. The van der Waals surface area contributed by atoms with Crippen molar-refractivity contribution >= 4 is 45.0 Å². The summed E-state index contributed by atoms with van der Waals surface area (Å²) in [5.74, 6) is 1.73. The Hall–Kier alpha value is -2.78. The zero-order valence-electron chi connectivity index (χ0n) is 17.7. The van der Waals surface area contributed by atoms with E-state index in [-0.39, 0.29) is 6.04 Å². The molecule has 0 aliphatic rings. The highest BCUT2D eigenvalue weighted by Gasteiger charge is 2.13. The molecular weight excluding hydrogens is 446 g/mol. The summed E-state index contributed by atoms with van der Waals surface area (Å²) in [6, 6.07) is 9.67. The first-order valence-electron chi connectivity index (χ1n) is 9.63. The van der Waals surface area contributed by atoms with E-state index in [1.165, 1.54) is 0 Å². The molecule has 0 aliphatic heterocycles. The summed E-state index contributed by atoms with van der Waals surface area (Å²) in [6.07, 6.45) is 1.17. The minimum atomic E-state index is -0.506. The second-order valence-electron chi connectivity index (χ2n) is 7.25. The number of halogens is 1. The Kier molecular flexibility index (Phi) is 6.84. The van der Waals surface area contributed by atoms with Gasteiger partial charge in [0.05, 0.1) is 16.6 Å². The average Bonchev–Trinajstić information content (AvgIpc) is 2.69. The van der Waals surface area contributed by atoms with Crippen molar-refractivity contribution < 1.29 is 5.11 Å². The van der Waals surface area contributed by atoms with Crippen LogP contribution in [0.1, 0.15) is 25.2 Å². The fourth-order valence-corrected chi connectivity index (χ4v) is 3.04. The normalized spacial score (nSPS) is 12.9. The molecule has 0 aliphatic carbocycles. The molecule has 2 atom stereocenters. The number of nitrogens with one attached hydrogen (secondary N) is 2. The lowest BCUT2D eigenvalue weighted by Gasteiger charge is -2.19. The number of benzene rings is 1. The number of aromatic nitrogens is 4. The van der Waals surface area contributed by atoms with Crippen LogP contribution in [0.5, 0.6) is 0 Å². The van der Waals surface area contributed by atoms with Crippen LogP contribution in [-0.4, -0.2) is 44.2 Å². The maximum atomic E-state index is 9.71. The standard InChI is InChI=1S/C21H26BrN7O/c1-12-10-13(2)25-21(24-12)29(5)17-8-6-16(7-9-17)27-20-23-11-18(22)19(28-20)26-14(3)15(4)30/h6-11,14-15,30H,1-5H3,(H2,23,26,27,28)/t14-,15-/m1/s1. The van der Waals surface area contributed by atoms with Gasteiger partial charge in [-0.05, 0) is 74.0 Å². The first-order valence-corrected chi connectivity index (χ1v) is 10.4. The third kappa shape index (κ3) is 5.43. The Balaban J connectivity index is 1.74. The van der Waals surface area contributed by atoms with Crippen molar-refractivity contribution in [2.24, 2.45) is 0 Å². The minimum Gasteiger partial charge on any atom is -0.391 e. The molecule has 3 rings (SSSR count). The second kappa shape index (κ2) is 9.36. The summed E-state index contributed by atoms with van der Waals surface area (Å²) in [5, 5.41) is 16.1. The van der Waals surface area contributed by atoms with Crippen LogP contribution < -0.4 is 15.5 Å². The molecule has 0 unspecified atom stereocenters. The Morgan fingerprint density at radius 2 is 1.67 bits per heavy atom. The molecule has 0 radical (unpaired) electrons. The van der Waals surface area contributed by atoms with Gasteiger partial charge in [0.2, 0.25) is 11.9 Å². The van der Waals surface area contributed by atoms with Gasteiger partial charge in [-0.1, -0.05) is 0 Å². The third-order valence-electron chi connectivity index (χ3n) is 4.61. The minimum absolute atomic E-state index is 0.147. The van der Waals surface area contributed by atoms with Crippen LogP contribution in [0.4, 0.5) is 29.1 Å². The van der Waals surface area contributed by atoms with Crippen LogP contribution in [0.15, 0.2) is 41.0 Å². The molecule has 3 N–H and O–H groups in total. The van der Waals surface area contributed by atoms with Crippen molar-refractivity contribution in [2.45, 2.75) is 39.8 Å². The lowest BCUT2D eigenvalue weighted by molar-refractivity contribution is 0.177. The predicted octanol–water partition coefficient (Wildman–Crippen LogP) is 4.34. The number of anilines is 5. The van der Waals surface area contributed by atoms with Gasteiger partial charge in [-0.15, -0.1) is 0 Å². The van der Waals surface area contributed by atoms with Crippen molar-refractivity contribution in [3.05, 3.63) is 52.4 Å². The zero-order valence-corrected chi connectivity index (χ0v) is 19.3. The zero-order chi connectivity index (χ0) is 21.8. The van der Waals surface area contributed by atoms with Crippen LogP contribution >= 0.6 is 15.9 Å². The van der Waals surface area contributed by atoms with Gasteiger partial charge in [-0.25, -0.2) is 15.0 Å². The van der Waals surface area contributed by atoms with Gasteiger partial charge in [0, 0.05) is 36.0 Å². The predicted molar refractivity (Wildman–Crippen MR) is 124 cm³/mol. The van der Waals surface area contributed by atoms with Crippen molar-refractivity contribution in [2.75, 3.05) is 22.6 Å². The van der Waals surface area contributed by atoms with E-state index in [1.54, 1.807) is 13.1 Å². The van der Waals surface area contributed by atoms with Gasteiger partial charge in [-0.3, -0.25) is 0 Å². The molecule has 2 aromatic heterocycles. The molecule has 8 nitrogen and oxygen atoms in total. The smallest absolute Gasteiger partial charge is 0.230 e. The highest BCUT2D eigenvalue weighted by Crippen LogP contribution is 2.26. The summed E-state index contributed by atoms with van der Waals surface area (Å²) in [4.78, 5) is 19.8. The summed E-state index contributed by atoms with van der Waals surface area (Å²) >= 11 is 3.44. The maximum Gasteiger partial charge on any atom is 0.230 e. The van der Waals surface area contributed by atoms with Gasteiger partial charge in [0.25, 0.3) is 0 Å². The Bertz CT molecular complexity index is 990. The lowest BCUT2D eigenvalue weighted by atomic mass is 10.2. The van der Waals surface area contributed by atoms with Crippen LogP contribution in [0, 0.1) is 13.8 Å². The van der Waals surface area contributed by atoms with Gasteiger partial charge in [-0.2, -0.15) is 4.98 Å². The summed E-state index contributed by atoms with van der Waals surface area (Å²) in [6.45, 7) is 7.54. The van der Waals surface area contributed by atoms with Gasteiger partial charge < -0.3 is 20.6 Å². The largest absolute Gasteiger partial charge is 0.391 e. The summed E-state index contributed by atoms with van der Waals surface area (Å²) in [7, 11) is 1.94. The first-order chi connectivity index (χ1) is 14.2. The molecule has 0 spiro atoms. The van der Waals surface area contributed by atoms with Gasteiger partial charge >= 0.3 is 0 Å². The lowest BCUT2D eigenvalue weighted by Crippen LogP contribution is -2.28. The number of nitrogens with zero attached hydrogens (tertiary/aromatic N) is 5. The number of aryl methyl sites for hydroxylation is 2. The molecule has 30 heavy (non-hydrogen) atoms. The third-order valence-corrected chi connectivity index (χ3v) is 5.19. The second-order valence-corrected chi connectivity index (χ2v) is 8.10. The van der Waals surface area contributed by atoms with E-state index in [4.69, 9.17) is 0 Å². The Morgan fingerprint density at radius 3 is 2.27 bits per heavy atom. The monoisotopic (exact) mass is 471 g/mol.